The first-order valence-electron chi connectivity index (χ1n) is 9.70. The zero-order valence-electron chi connectivity index (χ0n) is 14.7. The van der Waals surface area contributed by atoms with Gasteiger partial charge in [0.15, 0.2) is 0 Å². The van der Waals surface area contributed by atoms with E-state index in [9.17, 15) is 14.7 Å². The number of Topliss-reactive ketones (excluding diaryl/α,β-unsaturated/α-hetero) is 1. The third kappa shape index (κ3) is 4.33. The Kier molecular flexibility index (Phi) is 5.96. The van der Waals surface area contributed by atoms with Crippen molar-refractivity contribution in [2.75, 3.05) is 0 Å². The molecule has 3 aliphatic carbocycles. The van der Waals surface area contributed by atoms with Gasteiger partial charge in [-0.25, -0.2) is 0 Å². The van der Waals surface area contributed by atoms with Crippen LogP contribution in [0.4, 0.5) is 0 Å². The first-order chi connectivity index (χ1) is 12.1. The second kappa shape index (κ2) is 8.19. The molecule has 0 saturated heterocycles. The van der Waals surface area contributed by atoms with Gasteiger partial charge in [0.25, 0.3) is 0 Å². The van der Waals surface area contributed by atoms with Crippen LogP contribution in [0, 0.1) is 35.5 Å². The van der Waals surface area contributed by atoms with Gasteiger partial charge in [-0.2, -0.15) is 0 Å². The summed E-state index contributed by atoms with van der Waals surface area (Å²) in [6.07, 6.45) is 10.3. The zero-order valence-corrected chi connectivity index (χ0v) is 14.7. The summed E-state index contributed by atoms with van der Waals surface area (Å²) in [4.78, 5) is 22.9. The average Bonchev–Trinajstić information content (AvgIpc) is 2.59. The molecule has 25 heavy (non-hydrogen) atoms. The van der Waals surface area contributed by atoms with E-state index in [1.165, 1.54) is 12.0 Å². The minimum atomic E-state index is -0.767. The lowest BCUT2D eigenvalue weighted by molar-refractivity contribution is -0.136. The second-order valence-corrected chi connectivity index (χ2v) is 7.82. The molecule has 3 aliphatic rings. The first kappa shape index (κ1) is 18.2. The average molecular weight is 344 g/mol. The Morgan fingerprint density at radius 1 is 1.12 bits per heavy atom. The first-order valence-corrected chi connectivity index (χ1v) is 9.70. The third-order valence-electron chi connectivity index (χ3n) is 6.22. The van der Waals surface area contributed by atoms with E-state index in [0.29, 0.717) is 24.7 Å². The number of allylic oxidation sites excluding steroid dienone is 2. The van der Waals surface area contributed by atoms with Crippen LogP contribution in [0.3, 0.4) is 0 Å². The van der Waals surface area contributed by atoms with E-state index in [1.54, 1.807) is 0 Å². The Balaban J connectivity index is 1.59. The topological polar surface area (TPSA) is 74.6 Å². The maximum Gasteiger partial charge on any atom is 0.303 e. The molecule has 0 heterocycles. The van der Waals surface area contributed by atoms with Crippen LogP contribution in [0.2, 0.25) is 0 Å². The van der Waals surface area contributed by atoms with E-state index in [0.717, 1.165) is 38.5 Å². The van der Waals surface area contributed by atoms with Gasteiger partial charge in [-0.15, -0.1) is 0 Å². The summed E-state index contributed by atoms with van der Waals surface area (Å²) in [6.45, 7) is 0. The molecular weight excluding hydrogens is 316 g/mol. The van der Waals surface area contributed by atoms with Gasteiger partial charge in [-0.05, 0) is 56.3 Å². The fourth-order valence-electron chi connectivity index (χ4n) is 4.71. The van der Waals surface area contributed by atoms with Gasteiger partial charge in [-0.3, -0.25) is 9.59 Å². The van der Waals surface area contributed by atoms with E-state index >= 15 is 0 Å². The fraction of sp³-hybridized carbons (Fsp3) is 0.714. The number of aliphatic carboxylic acids is 1. The lowest BCUT2D eigenvalue weighted by atomic mass is 9.57. The number of carbonyl (C=O) groups excluding carboxylic acids is 1. The van der Waals surface area contributed by atoms with Crippen LogP contribution in [0.1, 0.15) is 64.2 Å². The van der Waals surface area contributed by atoms with E-state index in [-0.39, 0.29) is 24.0 Å². The van der Waals surface area contributed by atoms with Gasteiger partial charge < -0.3 is 10.2 Å². The van der Waals surface area contributed by atoms with Crippen molar-refractivity contribution < 1.29 is 19.8 Å². The summed E-state index contributed by atoms with van der Waals surface area (Å²) in [7, 11) is 0. The van der Waals surface area contributed by atoms with Crippen molar-refractivity contribution in [2.24, 2.45) is 23.7 Å². The molecule has 4 nitrogen and oxygen atoms in total. The number of hydrogen-bond acceptors (Lipinski definition) is 3. The standard InChI is InChI=1S/C21H28O4/c22-19(14-5-2-1-3-6-14)11-10-17-18-13-15(7-4-8-21(24)25)16(18)9-12-20(17)23/h7,14,16-18,20,23H,1-6,8-9,12-13H2,(H,24,25)/b15-7-/t16-,17-,18+,20-/m1/s1. The molecule has 0 radical (unpaired) electrons. The molecule has 3 fully saturated rings. The van der Waals surface area contributed by atoms with Crippen LogP contribution >= 0.6 is 0 Å². The predicted molar refractivity (Wildman–Crippen MR) is 94.6 cm³/mol. The molecule has 0 bridgehead atoms. The van der Waals surface area contributed by atoms with E-state index < -0.39 is 12.1 Å². The second-order valence-electron chi connectivity index (χ2n) is 7.82. The summed E-state index contributed by atoms with van der Waals surface area (Å²) in [6, 6.07) is 0. The molecule has 0 aliphatic heterocycles. The molecule has 0 spiro atoms. The van der Waals surface area contributed by atoms with E-state index in [4.69, 9.17) is 5.11 Å². The normalized spacial score (nSPS) is 33.7. The number of rotatable bonds is 4. The molecule has 4 atom stereocenters. The molecule has 136 valence electrons. The number of carboxylic acid groups (broad SMARTS) is 1. The molecule has 3 rings (SSSR count). The van der Waals surface area contributed by atoms with Crippen LogP contribution in [0.25, 0.3) is 0 Å². The van der Waals surface area contributed by atoms with Gasteiger partial charge in [0, 0.05) is 12.3 Å². The van der Waals surface area contributed by atoms with Crippen LogP contribution in [0.15, 0.2) is 11.6 Å². The molecule has 0 aromatic rings. The zero-order chi connectivity index (χ0) is 17.8. The van der Waals surface area contributed by atoms with Gasteiger partial charge >= 0.3 is 5.97 Å². The quantitative estimate of drug-likeness (QED) is 0.466. The summed E-state index contributed by atoms with van der Waals surface area (Å²) in [5, 5.41) is 19.1. The number of hydrogen-bond donors (Lipinski definition) is 2. The Hall–Kier alpha value is -1.60. The minimum Gasteiger partial charge on any atom is -0.481 e. The predicted octanol–water partition coefficient (Wildman–Crippen LogP) is 3.34. The lowest BCUT2D eigenvalue weighted by Gasteiger charge is -2.48. The Morgan fingerprint density at radius 2 is 1.88 bits per heavy atom. The highest BCUT2D eigenvalue weighted by Crippen LogP contribution is 2.51. The summed E-state index contributed by atoms with van der Waals surface area (Å²) in [5.74, 6) is 6.02. The van der Waals surface area contributed by atoms with Crippen molar-refractivity contribution in [3.8, 4) is 11.8 Å². The molecular formula is C21H28O4. The van der Waals surface area contributed by atoms with E-state index in [1.807, 2.05) is 0 Å². The third-order valence-corrected chi connectivity index (χ3v) is 6.22. The summed E-state index contributed by atoms with van der Waals surface area (Å²) < 4.78 is 0. The van der Waals surface area contributed by atoms with Crippen LogP contribution in [-0.4, -0.2) is 28.1 Å². The van der Waals surface area contributed by atoms with Crippen LogP contribution in [0.5, 0.6) is 0 Å². The largest absolute Gasteiger partial charge is 0.481 e. The van der Waals surface area contributed by atoms with Crippen molar-refractivity contribution in [1.29, 1.82) is 0 Å². The molecule has 3 saturated carbocycles. The molecule has 0 unspecified atom stereocenters. The van der Waals surface area contributed by atoms with E-state index in [2.05, 4.69) is 17.9 Å². The smallest absolute Gasteiger partial charge is 0.303 e. The SMILES string of the molecule is O=C(O)CC/C=C1/C[C@@H]2[C@@H](C#CC(=O)C3CCCCC3)[C@H](O)CC[C@H]12. The molecule has 2 N–H and O–H groups in total. The number of carbonyl (C=O) groups is 2. The van der Waals surface area contributed by atoms with Crippen molar-refractivity contribution in [1.82, 2.24) is 0 Å². The maximum atomic E-state index is 12.3. The number of carboxylic acids is 1. The Morgan fingerprint density at radius 3 is 2.60 bits per heavy atom. The number of ketones is 1. The molecule has 0 aromatic heterocycles. The van der Waals surface area contributed by atoms with Crippen molar-refractivity contribution in [3.05, 3.63) is 11.6 Å². The molecule has 4 heteroatoms. The molecule has 0 aromatic carbocycles. The van der Waals surface area contributed by atoms with Gasteiger partial charge in [0.1, 0.15) is 0 Å². The lowest BCUT2D eigenvalue weighted by Crippen LogP contribution is -2.44. The van der Waals surface area contributed by atoms with Crippen molar-refractivity contribution >= 4 is 11.8 Å². The Labute approximate surface area is 149 Å². The molecule has 0 amide bonds. The fourth-order valence-corrected chi connectivity index (χ4v) is 4.71. The van der Waals surface area contributed by atoms with Gasteiger partial charge in [0.2, 0.25) is 5.78 Å². The monoisotopic (exact) mass is 344 g/mol. The Bertz CT molecular complexity index is 603. The summed E-state index contributed by atoms with van der Waals surface area (Å²) >= 11 is 0. The van der Waals surface area contributed by atoms with Gasteiger partial charge in [0.05, 0.1) is 12.0 Å². The highest BCUT2D eigenvalue weighted by molar-refractivity contribution is 5.97. The van der Waals surface area contributed by atoms with Crippen LogP contribution in [-0.2, 0) is 9.59 Å². The number of aliphatic hydroxyl groups is 1. The minimum absolute atomic E-state index is 0.0607. The number of aliphatic hydroxyl groups excluding tert-OH is 1. The summed E-state index contributed by atoms with van der Waals surface area (Å²) in [5.41, 5.74) is 1.32. The van der Waals surface area contributed by atoms with Crippen molar-refractivity contribution in [3.63, 3.8) is 0 Å². The van der Waals surface area contributed by atoms with Crippen molar-refractivity contribution in [2.45, 2.75) is 70.3 Å². The number of fused-ring (bicyclic) bond motifs is 1. The van der Waals surface area contributed by atoms with Crippen LogP contribution < -0.4 is 0 Å². The maximum absolute atomic E-state index is 12.3. The van der Waals surface area contributed by atoms with Gasteiger partial charge in [-0.1, -0.05) is 36.8 Å². The highest BCUT2D eigenvalue weighted by Gasteiger charge is 2.46. The highest BCUT2D eigenvalue weighted by atomic mass is 16.4.